The molecule has 27 heavy (non-hydrogen) atoms. The molecule has 0 aliphatic rings. The number of anilines is 1. The van der Waals surface area contributed by atoms with Gasteiger partial charge < -0.3 is 14.6 Å². The lowest BCUT2D eigenvalue weighted by Crippen LogP contribution is -2.18. The maximum Gasteiger partial charge on any atom is 0.340 e. The highest BCUT2D eigenvalue weighted by molar-refractivity contribution is 6.05. The van der Waals surface area contributed by atoms with Crippen LogP contribution in [0.15, 0.2) is 72.9 Å². The van der Waals surface area contributed by atoms with Crippen molar-refractivity contribution in [1.82, 2.24) is 4.57 Å². The Bertz CT molecular complexity index is 1160. The van der Waals surface area contributed by atoms with Crippen molar-refractivity contribution >= 4 is 39.2 Å². The molecule has 0 bridgehead atoms. The highest BCUT2D eigenvalue weighted by Crippen LogP contribution is 2.24. The predicted molar refractivity (Wildman–Crippen MR) is 106 cm³/mol. The van der Waals surface area contributed by atoms with Gasteiger partial charge in [0, 0.05) is 28.2 Å². The molecule has 3 aromatic carbocycles. The summed E-state index contributed by atoms with van der Waals surface area (Å²) in [4.78, 5) is 24.7. The normalized spacial score (nSPS) is 10.9. The van der Waals surface area contributed by atoms with Crippen LogP contribution in [-0.4, -0.2) is 23.6 Å². The number of benzene rings is 3. The van der Waals surface area contributed by atoms with Gasteiger partial charge in [0.2, 0.25) is 5.91 Å². The van der Waals surface area contributed by atoms with E-state index in [9.17, 15) is 9.59 Å². The molecule has 1 heterocycles. The summed E-state index contributed by atoms with van der Waals surface area (Å²) in [5.41, 5.74) is 2.03. The predicted octanol–water partition coefficient (Wildman–Crippen LogP) is 4.22. The van der Waals surface area contributed by atoms with Gasteiger partial charge in [-0.2, -0.15) is 0 Å². The van der Waals surface area contributed by atoms with Crippen LogP contribution in [0.4, 0.5) is 5.69 Å². The summed E-state index contributed by atoms with van der Waals surface area (Å²) in [5, 5.41) is 5.79. The summed E-state index contributed by atoms with van der Waals surface area (Å²) in [6.45, 7) is 0.0979. The lowest BCUT2D eigenvalue weighted by Gasteiger charge is -2.10. The van der Waals surface area contributed by atoms with Crippen LogP contribution in [0, 0.1) is 0 Å². The molecular weight excluding hydrogens is 340 g/mol. The molecule has 5 nitrogen and oxygen atoms in total. The van der Waals surface area contributed by atoms with E-state index >= 15 is 0 Å². The lowest BCUT2D eigenvalue weighted by molar-refractivity contribution is -0.116. The molecule has 1 aromatic heterocycles. The Morgan fingerprint density at radius 3 is 2.44 bits per heavy atom. The van der Waals surface area contributed by atoms with E-state index in [4.69, 9.17) is 4.74 Å². The quantitative estimate of drug-likeness (QED) is 0.556. The Morgan fingerprint density at radius 1 is 0.926 bits per heavy atom. The van der Waals surface area contributed by atoms with E-state index < -0.39 is 5.97 Å². The zero-order valence-corrected chi connectivity index (χ0v) is 14.8. The number of para-hydroxylation sites is 1. The molecular formula is C22H18N2O3. The van der Waals surface area contributed by atoms with Gasteiger partial charge in [-0.05, 0) is 17.5 Å². The van der Waals surface area contributed by atoms with E-state index in [1.165, 1.54) is 7.11 Å². The summed E-state index contributed by atoms with van der Waals surface area (Å²) < 4.78 is 6.62. The molecule has 0 atom stereocenters. The number of rotatable bonds is 4. The van der Waals surface area contributed by atoms with Gasteiger partial charge in [0.1, 0.15) is 6.54 Å². The van der Waals surface area contributed by atoms with E-state index in [0.717, 1.165) is 27.4 Å². The molecule has 1 N–H and O–H groups in total. The van der Waals surface area contributed by atoms with Gasteiger partial charge >= 0.3 is 5.97 Å². The van der Waals surface area contributed by atoms with E-state index in [2.05, 4.69) is 5.32 Å². The summed E-state index contributed by atoms with van der Waals surface area (Å²) in [7, 11) is 1.35. The second kappa shape index (κ2) is 6.96. The van der Waals surface area contributed by atoms with Crippen molar-refractivity contribution in [3.8, 4) is 0 Å². The number of aromatic nitrogens is 1. The van der Waals surface area contributed by atoms with Crippen molar-refractivity contribution in [2.45, 2.75) is 6.54 Å². The van der Waals surface area contributed by atoms with Crippen molar-refractivity contribution in [3.05, 3.63) is 78.5 Å². The average molecular weight is 358 g/mol. The first-order chi connectivity index (χ1) is 13.2. The number of hydrogen-bond acceptors (Lipinski definition) is 3. The van der Waals surface area contributed by atoms with E-state index in [-0.39, 0.29) is 12.5 Å². The minimum absolute atomic E-state index is 0.0979. The van der Waals surface area contributed by atoms with Gasteiger partial charge in [-0.1, -0.05) is 54.6 Å². The molecule has 134 valence electrons. The topological polar surface area (TPSA) is 60.3 Å². The number of amides is 1. The van der Waals surface area contributed by atoms with Crippen molar-refractivity contribution in [2.24, 2.45) is 0 Å². The SMILES string of the molecule is COC(=O)c1cn(CC(=O)Nc2cccc3ccccc23)c2ccccc12. The van der Waals surface area contributed by atoms with Crippen LogP contribution >= 0.6 is 0 Å². The van der Waals surface area contributed by atoms with Crippen LogP contribution in [0.1, 0.15) is 10.4 Å². The number of ether oxygens (including phenoxy) is 1. The highest BCUT2D eigenvalue weighted by atomic mass is 16.5. The second-order valence-electron chi connectivity index (χ2n) is 6.25. The molecule has 0 aliphatic heterocycles. The molecule has 0 fully saturated rings. The number of carbonyl (C=O) groups is 2. The highest BCUT2D eigenvalue weighted by Gasteiger charge is 2.16. The van der Waals surface area contributed by atoms with Gasteiger partial charge in [-0.3, -0.25) is 4.79 Å². The van der Waals surface area contributed by atoms with Crippen molar-refractivity contribution in [2.75, 3.05) is 12.4 Å². The number of nitrogens with zero attached hydrogens (tertiary/aromatic N) is 1. The first-order valence-electron chi connectivity index (χ1n) is 8.61. The summed E-state index contributed by atoms with van der Waals surface area (Å²) in [6.07, 6.45) is 1.67. The fourth-order valence-electron chi connectivity index (χ4n) is 3.33. The number of esters is 1. The Kier molecular flexibility index (Phi) is 4.34. The molecule has 0 aliphatic carbocycles. The maximum absolute atomic E-state index is 12.7. The number of fused-ring (bicyclic) bond motifs is 2. The summed E-state index contributed by atoms with van der Waals surface area (Å²) in [5.74, 6) is -0.581. The largest absolute Gasteiger partial charge is 0.465 e. The molecule has 4 rings (SSSR count). The zero-order chi connectivity index (χ0) is 18.8. The average Bonchev–Trinajstić information content (AvgIpc) is 3.06. The standard InChI is InChI=1S/C22H18N2O3/c1-27-22(26)18-13-24(20-12-5-4-10-17(18)20)14-21(25)23-19-11-6-8-15-7-2-3-9-16(15)19/h2-13H,14H2,1H3,(H,23,25). The minimum Gasteiger partial charge on any atom is -0.465 e. The van der Waals surface area contributed by atoms with Crippen LogP contribution in [-0.2, 0) is 16.1 Å². The summed E-state index contributed by atoms with van der Waals surface area (Å²) >= 11 is 0. The molecule has 0 spiro atoms. The fraction of sp³-hybridized carbons (Fsp3) is 0.0909. The fourth-order valence-corrected chi connectivity index (χ4v) is 3.33. The third-order valence-electron chi connectivity index (χ3n) is 4.57. The number of carbonyl (C=O) groups excluding carboxylic acids is 2. The molecule has 1 amide bonds. The van der Waals surface area contributed by atoms with Crippen molar-refractivity contribution in [1.29, 1.82) is 0 Å². The molecule has 0 saturated carbocycles. The molecule has 0 unspecified atom stereocenters. The zero-order valence-electron chi connectivity index (χ0n) is 14.8. The maximum atomic E-state index is 12.7. The molecule has 0 saturated heterocycles. The van der Waals surface area contributed by atoms with E-state index in [1.54, 1.807) is 10.8 Å². The Labute approximate surface area is 156 Å². The summed E-state index contributed by atoms with van der Waals surface area (Å²) in [6, 6.07) is 21.2. The van der Waals surface area contributed by atoms with Gasteiger partial charge in [0.15, 0.2) is 0 Å². The van der Waals surface area contributed by atoms with Gasteiger partial charge in [-0.25, -0.2) is 4.79 Å². The van der Waals surface area contributed by atoms with E-state index in [0.29, 0.717) is 5.56 Å². The van der Waals surface area contributed by atoms with Crippen LogP contribution in [0.3, 0.4) is 0 Å². The Hall–Kier alpha value is -3.60. The number of nitrogens with one attached hydrogen (secondary N) is 1. The van der Waals surface area contributed by atoms with Gasteiger partial charge in [0.05, 0.1) is 12.7 Å². The van der Waals surface area contributed by atoms with Crippen LogP contribution in [0.2, 0.25) is 0 Å². The third kappa shape index (κ3) is 3.15. The van der Waals surface area contributed by atoms with Crippen molar-refractivity contribution < 1.29 is 14.3 Å². The second-order valence-corrected chi connectivity index (χ2v) is 6.25. The number of methoxy groups -OCH3 is 1. The van der Waals surface area contributed by atoms with Gasteiger partial charge in [-0.15, -0.1) is 0 Å². The first kappa shape index (κ1) is 16.8. The van der Waals surface area contributed by atoms with E-state index in [1.807, 2.05) is 66.7 Å². The van der Waals surface area contributed by atoms with Crippen LogP contribution < -0.4 is 5.32 Å². The molecule has 4 aromatic rings. The van der Waals surface area contributed by atoms with Crippen LogP contribution in [0.25, 0.3) is 21.7 Å². The van der Waals surface area contributed by atoms with Crippen LogP contribution in [0.5, 0.6) is 0 Å². The smallest absolute Gasteiger partial charge is 0.340 e. The minimum atomic E-state index is -0.417. The molecule has 0 radical (unpaired) electrons. The van der Waals surface area contributed by atoms with Gasteiger partial charge in [0.25, 0.3) is 0 Å². The first-order valence-corrected chi connectivity index (χ1v) is 8.61. The Morgan fingerprint density at radius 2 is 1.63 bits per heavy atom. The molecule has 5 heteroatoms. The van der Waals surface area contributed by atoms with Crippen molar-refractivity contribution in [3.63, 3.8) is 0 Å². The monoisotopic (exact) mass is 358 g/mol. The lowest BCUT2D eigenvalue weighted by atomic mass is 10.1. The Balaban J connectivity index is 1.64. The number of hydrogen-bond donors (Lipinski definition) is 1. The third-order valence-corrected chi connectivity index (χ3v) is 4.57.